The molecule has 3 rings (SSSR count). The zero-order valence-corrected chi connectivity index (χ0v) is 12.7. The SMILES string of the molecule is COCCN(c1nc2ccccn2c1CO)C(C)C1CC1. The first-order chi connectivity index (χ1) is 10.3. The molecule has 1 N–H and O–H groups in total. The van der Waals surface area contributed by atoms with Crippen molar-refractivity contribution in [1.82, 2.24) is 9.38 Å². The second-order valence-electron chi connectivity index (χ2n) is 5.73. The standard InChI is InChI=1S/C16H23N3O2/c1-12(13-6-7-13)18(9-10-21-2)16-14(11-20)19-8-4-3-5-15(19)17-16/h3-5,8,12-13,20H,6-7,9-11H2,1-2H3. The lowest BCUT2D eigenvalue weighted by atomic mass is 10.1. The average molecular weight is 289 g/mol. The summed E-state index contributed by atoms with van der Waals surface area (Å²) < 4.78 is 7.22. The summed E-state index contributed by atoms with van der Waals surface area (Å²) in [4.78, 5) is 7.03. The van der Waals surface area contributed by atoms with Crippen molar-refractivity contribution in [2.45, 2.75) is 32.4 Å². The first-order valence-electron chi connectivity index (χ1n) is 7.58. The third-order valence-corrected chi connectivity index (χ3v) is 4.36. The first kappa shape index (κ1) is 14.4. The summed E-state index contributed by atoms with van der Waals surface area (Å²) in [6.45, 7) is 3.70. The van der Waals surface area contributed by atoms with Crippen molar-refractivity contribution in [3.63, 3.8) is 0 Å². The molecule has 1 unspecified atom stereocenters. The van der Waals surface area contributed by atoms with Gasteiger partial charge < -0.3 is 14.7 Å². The minimum atomic E-state index is -0.0125. The highest BCUT2D eigenvalue weighted by Gasteiger charge is 2.34. The number of aromatic nitrogens is 2. The molecule has 2 heterocycles. The fraction of sp³-hybridized carbons (Fsp3) is 0.562. The Kier molecular flexibility index (Phi) is 4.12. The van der Waals surface area contributed by atoms with Crippen LogP contribution in [0.2, 0.25) is 0 Å². The van der Waals surface area contributed by atoms with Crippen LogP contribution in [0.4, 0.5) is 5.82 Å². The lowest BCUT2D eigenvalue weighted by molar-refractivity contribution is 0.202. The zero-order chi connectivity index (χ0) is 14.8. The van der Waals surface area contributed by atoms with E-state index >= 15 is 0 Å². The van der Waals surface area contributed by atoms with Gasteiger partial charge in [-0.1, -0.05) is 6.07 Å². The van der Waals surface area contributed by atoms with E-state index in [-0.39, 0.29) is 6.61 Å². The number of hydrogen-bond acceptors (Lipinski definition) is 4. The van der Waals surface area contributed by atoms with E-state index in [9.17, 15) is 5.11 Å². The number of anilines is 1. The number of aliphatic hydroxyl groups excluding tert-OH is 1. The second-order valence-corrected chi connectivity index (χ2v) is 5.73. The monoisotopic (exact) mass is 289 g/mol. The van der Waals surface area contributed by atoms with Gasteiger partial charge in [0.1, 0.15) is 5.65 Å². The van der Waals surface area contributed by atoms with Gasteiger partial charge in [0.25, 0.3) is 0 Å². The van der Waals surface area contributed by atoms with Crippen LogP contribution in [0, 0.1) is 5.92 Å². The Morgan fingerprint density at radius 3 is 2.95 bits per heavy atom. The molecule has 114 valence electrons. The molecule has 21 heavy (non-hydrogen) atoms. The van der Waals surface area contributed by atoms with Crippen molar-refractivity contribution in [3.05, 3.63) is 30.1 Å². The molecule has 1 fully saturated rings. The number of ether oxygens (including phenoxy) is 1. The molecule has 0 spiro atoms. The number of hydrogen-bond donors (Lipinski definition) is 1. The summed E-state index contributed by atoms with van der Waals surface area (Å²) in [6, 6.07) is 6.33. The van der Waals surface area contributed by atoms with Crippen LogP contribution in [0.25, 0.3) is 5.65 Å². The molecule has 1 saturated carbocycles. The summed E-state index contributed by atoms with van der Waals surface area (Å²) in [7, 11) is 1.72. The molecule has 0 radical (unpaired) electrons. The van der Waals surface area contributed by atoms with Gasteiger partial charge in [0.2, 0.25) is 0 Å². The van der Waals surface area contributed by atoms with Crippen molar-refractivity contribution in [2.24, 2.45) is 5.92 Å². The lowest BCUT2D eigenvalue weighted by Gasteiger charge is -2.30. The van der Waals surface area contributed by atoms with Gasteiger partial charge in [-0.3, -0.25) is 4.40 Å². The average Bonchev–Trinajstić information content (AvgIpc) is 3.28. The van der Waals surface area contributed by atoms with Gasteiger partial charge in [0.05, 0.1) is 18.9 Å². The fourth-order valence-electron chi connectivity index (χ4n) is 2.94. The number of methoxy groups -OCH3 is 1. The predicted octanol–water partition coefficient (Wildman–Crippen LogP) is 2.08. The van der Waals surface area contributed by atoms with E-state index in [1.165, 1.54) is 12.8 Å². The molecule has 0 aromatic carbocycles. The van der Waals surface area contributed by atoms with E-state index in [2.05, 4.69) is 11.8 Å². The molecular weight excluding hydrogens is 266 g/mol. The molecule has 1 aliphatic carbocycles. The maximum atomic E-state index is 9.80. The fourth-order valence-corrected chi connectivity index (χ4v) is 2.94. The summed E-state index contributed by atoms with van der Waals surface area (Å²) in [5.41, 5.74) is 1.73. The lowest BCUT2D eigenvalue weighted by Crippen LogP contribution is -2.38. The van der Waals surface area contributed by atoms with Crippen LogP contribution >= 0.6 is 0 Å². The Hall–Kier alpha value is -1.59. The van der Waals surface area contributed by atoms with Gasteiger partial charge in [0, 0.05) is 25.9 Å². The van der Waals surface area contributed by atoms with Gasteiger partial charge in [-0.15, -0.1) is 0 Å². The predicted molar refractivity (Wildman–Crippen MR) is 82.5 cm³/mol. The van der Waals surface area contributed by atoms with Crippen molar-refractivity contribution in [3.8, 4) is 0 Å². The zero-order valence-electron chi connectivity index (χ0n) is 12.7. The number of nitrogens with zero attached hydrogens (tertiary/aromatic N) is 3. The highest BCUT2D eigenvalue weighted by Crippen LogP contribution is 2.37. The van der Waals surface area contributed by atoms with E-state index in [1.807, 2.05) is 28.8 Å². The van der Waals surface area contributed by atoms with Crippen molar-refractivity contribution in [1.29, 1.82) is 0 Å². The Morgan fingerprint density at radius 1 is 1.48 bits per heavy atom. The Balaban J connectivity index is 2.00. The Morgan fingerprint density at radius 2 is 2.29 bits per heavy atom. The first-order valence-corrected chi connectivity index (χ1v) is 7.58. The van der Waals surface area contributed by atoms with Gasteiger partial charge in [0.15, 0.2) is 5.82 Å². The third kappa shape index (κ3) is 2.76. The van der Waals surface area contributed by atoms with Gasteiger partial charge in [-0.25, -0.2) is 4.98 Å². The molecule has 0 aliphatic heterocycles. The van der Waals surface area contributed by atoms with Gasteiger partial charge in [-0.2, -0.15) is 0 Å². The number of rotatable bonds is 7. The van der Waals surface area contributed by atoms with Crippen LogP contribution in [-0.4, -0.2) is 40.8 Å². The molecular formula is C16H23N3O2. The van der Waals surface area contributed by atoms with Crippen LogP contribution < -0.4 is 4.90 Å². The minimum Gasteiger partial charge on any atom is -0.390 e. The summed E-state index contributed by atoms with van der Waals surface area (Å²) in [5.74, 6) is 1.62. The topological polar surface area (TPSA) is 50.0 Å². The quantitative estimate of drug-likeness (QED) is 0.848. The van der Waals surface area contributed by atoms with Gasteiger partial charge >= 0.3 is 0 Å². The molecule has 2 aromatic heterocycles. The van der Waals surface area contributed by atoms with Crippen LogP contribution in [0.5, 0.6) is 0 Å². The number of fused-ring (bicyclic) bond motifs is 1. The number of pyridine rings is 1. The van der Waals surface area contributed by atoms with Crippen LogP contribution in [0.3, 0.4) is 0 Å². The highest BCUT2D eigenvalue weighted by molar-refractivity contribution is 5.56. The molecule has 5 nitrogen and oxygen atoms in total. The summed E-state index contributed by atoms with van der Waals surface area (Å²) in [5, 5.41) is 9.80. The Bertz CT molecular complexity index is 607. The van der Waals surface area contributed by atoms with E-state index < -0.39 is 0 Å². The molecule has 1 aliphatic rings. The number of imidazole rings is 1. The second kappa shape index (κ2) is 6.03. The molecule has 0 amide bonds. The molecule has 0 bridgehead atoms. The van der Waals surface area contributed by atoms with Crippen molar-refractivity contribution in [2.75, 3.05) is 25.2 Å². The van der Waals surface area contributed by atoms with E-state index in [1.54, 1.807) is 7.11 Å². The molecule has 1 atom stereocenters. The Labute approximate surface area is 125 Å². The molecule has 5 heteroatoms. The van der Waals surface area contributed by atoms with E-state index in [4.69, 9.17) is 9.72 Å². The van der Waals surface area contributed by atoms with E-state index in [0.29, 0.717) is 12.6 Å². The van der Waals surface area contributed by atoms with Crippen LogP contribution in [0.1, 0.15) is 25.5 Å². The van der Waals surface area contributed by atoms with Crippen LogP contribution in [0.15, 0.2) is 24.4 Å². The smallest absolute Gasteiger partial charge is 0.153 e. The maximum absolute atomic E-state index is 9.80. The molecule has 2 aromatic rings. The third-order valence-electron chi connectivity index (χ3n) is 4.36. The largest absolute Gasteiger partial charge is 0.390 e. The maximum Gasteiger partial charge on any atom is 0.153 e. The summed E-state index contributed by atoms with van der Waals surface area (Å²) in [6.07, 6.45) is 4.52. The van der Waals surface area contributed by atoms with Crippen molar-refractivity contribution >= 4 is 11.5 Å². The van der Waals surface area contributed by atoms with Crippen LogP contribution in [-0.2, 0) is 11.3 Å². The summed E-state index contributed by atoms with van der Waals surface area (Å²) >= 11 is 0. The van der Waals surface area contributed by atoms with E-state index in [0.717, 1.165) is 29.6 Å². The normalized spacial score (nSPS) is 16.3. The van der Waals surface area contributed by atoms with Gasteiger partial charge in [-0.05, 0) is 37.8 Å². The number of aliphatic hydroxyl groups is 1. The minimum absolute atomic E-state index is 0.0125. The molecule has 0 saturated heterocycles. The van der Waals surface area contributed by atoms with Crippen molar-refractivity contribution < 1.29 is 9.84 Å². The highest BCUT2D eigenvalue weighted by atomic mass is 16.5.